The van der Waals surface area contributed by atoms with Gasteiger partial charge in [-0.05, 0) is 30.2 Å². The van der Waals surface area contributed by atoms with Crippen LogP contribution in [0.4, 0.5) is 0 Å². The van der Waals surface area contributed by atoms with Crippen LogP contribution in [0.3, 0.4) is 0 Å². The van der Waals surface area contributed by atoms with Gasteiger partial charge in [-0.1, -0.05) is 33.6 Å². The molecule has 1 amide bonds. The largest absolute Gasteiger partial charge is 0.467 e. The number of carbonyl (C=O) groups is 1. The maximum absolute atomic E-state index is 12.3. The minimum absolute atomic E-state index is 0. The Morgan fingerprint density at radius 2 is 2.05 bits per heavy atom. The number of hydrogen-bond acceptors (Lipinski definition) is 3. The molecule has 1 saturated carbocycles. The number of furan rings is 1. The summed E-state index contributed by atoms with van der Waals surface area (Å²) in [4.78, 5) is 12.3. The summed E-state index contributed by atoms with van der Waals surface area (Å²) in [7, 11) is 0. The zero-order valence-electron chi connectivity index (χ0n) is 13.1. The fourth-order valence-corrected chi connectivity index (χ4v) is 3.20. The van der Waals surface area contributed by atoms with Crippen molar-refractivity contribution in [2.24, 2.45) is 17.1 Å². The van der Waals surface area contributed by atoms with Gasteiger partial charge in [0.05, 0.1) is 12.1 Å². The van der Waals surface area contributed by atoms with Gasteiger partial charge in [0.2, 0.25) is 0 Å². The lowest BCUT2D eigenvalue weighted by Crippen LogP contribution is -2.46. The van der Waals surface area contributed by atoms with Crippen LogP contribution >= 0.6 is 12.4 Å². The molecule has 1 fully saturated rings. The van der Waals surface area contributed by atoms with Gasteiger partial charge < -0.3 is 15.5 Å². The third-order valence-corrected chi connectivity index (χ3v) is 4.31. The Morgan fingerprint density at radius 1 is 1.38 bits per heavy atom. The number of nitrogens with two attached hydrogens (primary N) is 1. The van der Waals surface area contributed by atoms with E-state index in [1.165, 1.54) is 25.5 Å². The molecule has 2 unspecified atom stereocenters. The minimum atomic E-state index is -0.0467. The molecule has 0 aromatic carbocycles. The average molecular weight is 315 g/mol. The standard InChI is InChI=1S/C16H26N2O2.ClH/c1-16(2,3)13-6-4-5-7-14(13)18-15(19)11-8-12(9-17)20-10-11;/h8,10,13-14H,4-7,9,17H2,1-3H3,(H,18,19);1H. The molecular weight excluding hydrogens is 288 g/mol. The van der Waals surface area contributed by atoms with Crippen LogP contribution in [0.1, 0.15) is 62.6 Å². The number of rotatable bonds is 3. The highest BCUT2D eigenvalue weighted by Gasteiger charge is 2.35. The lowest BCUT2D eigenvalue weighted by molar-refractivity contribution is 0.0829. The minimum Gasteiger partial charge on any atom is -0.467 e. The van der Waals surface area contributed by atoms with Crippen molar-refractivity contribution in [3.63, 3.8) is 0 Å². The molecular formula is C16H27ClN2O2. The SMILES string of the molecule is CC(C)(C)C1CCCCC1NC(=O)c1coc(CN)c1.Cl. The number of nitrogens with one attached hydrogen (secondary N) is 1. The van der Waals surface area contributed by atoms with Gasteiger partial charge in [0.1, 0.15) is 12.0 Å². The van der Waals surface area contributed by atoms with Gasteiger partial charge in [0, 0.05) is 6.04 Å². The number of halogens is 1. The quantitative estimate of drug-likeness (QED) is 0.897. The van der Waals surface area contributed by atoms with Gasteiger partial charge in [0.25, 0.3) is 5.91 Å². The number of carbonyl (C=O) groups excluding carboxylic acids is 1. The summed E-state index contributed by atoms with van der Waals surface area (Å²) in [5, 5.41) is 3.19. The van der Waals surface area contributed by atoms with E-state index in [0.29, 0.717) is 23.8 Å². The Balaban J connectivity index is 0.00000220. The molecule has 1 heterocycles. The maximum atomic E-state index is 12.3. The molecule has 120 valence electrons. The first-order valence-electron chi connectivity index (χ1n) is 7.50. The van der Waals surface area contributed by atoms with Crippen LogP contribution in [-0.4, -0.2) is 11.9 Å². The molecule has 4 nitrogen and oxygen atoms in total. The van der Waals surface area contributed by atoms with Crippen LogP contribution in [0, 0.1) is 11.3 Å². The van der Waals surface area contributed by atoms with Crippen molar-refractivity contribution in [2.75, 3.05) is 0 Å². The highest BCUT2D eigenvalue weighted by molar-refractivity contribution is 5.94. The van der Waals surface area contributed by atoms with Crippen molar-refractivity contribution in [1.82, 2.24) is 5.32 Å². The Bertz CT molecular complexity index is 465. The van der Waals surface area contributed by atoms with Gasteiger partial charge in [-0.2, -0.15) is 0 Å². The van der Waals surface area contributed by atoms with Gasteiger partial charge >= 0.3 is 0 Å². The normalized spacial score (nSPS) is 22.5. The summed E-state index contributed by atoms with van der Waals surface area (Å²) in [6.07, 6.45) is 6.20. The predicted octanol–water partition coefficient (Wildman–Crippen LogP) is 3.49. The van der Waals surface area contributed by atoms with Crippen molar-refractivity contribution in [1.29, 1.82) is 0 Å². The lowest BCUT2D eigenvalue weighted by atomic mass is 9.69. The molecule has 0 aliphatic heterocycles. The lowest BCUT2D eigenvalue weighted by Gasteiger charge is -2.40. The van der Waals surface area contributed by atoms with E-state index in [4.69, 9.17) is 10.2 Å². The molecule has 1 aromatic heterocycles. The fraction of sp³-hybridized carbons (Fsp3) is 0.688. The van der Waals surface area contributed by atoms with Crippen LogP contribution in [0.5, 0.6) is 0 Å². The second kappa shape index (κ2) is 7.32. The Morgan fingerprint density at radius 3 is 2.62 bits per heavy atom. The Hall–Kier alpha value is -1.00. The first-order chi connectivity index (χ1) is 9.41. The van der Waals surface area contributed by atoms with Crippen LogP contribution in [0.2, 0.25) is 0 Å². The van der Waals surface area contributed by atoms with Crippen molar-refractivity contribution in [3.8, 4) is 0 Å². The molecule has 0 bridgehead atoms. The summed E-state index contributed by atoms with van der Waals surface area (Å²) < 4.78 is 5.23. The van der Waals surface area contributed by atoms with E-state index < -0.39 is 0 Å². The average Bonchev–Trinajstić information content (AvgIpc) is 2.87. The maximum Gasteiger partial charge on any atom is 0.254 e. The molecule has 0 radical (unpaired) electrons. The molecule has 1 aromatic rings. The fourth-order valence-electron chi connectivity index (χ4n) is 3.20. The number of amides is 1. The third kappa shape index (κ3) is 4.48. The highest BCUT2D eigenvalue weighted by atomic mass is 35.5. The van der Waals surface area contributed by atoms with Gasteiger partial charge in [-0.25, -0.2) is 0 Å². The second-order valence-electron chi connectivity index (χ2n) is 6.84. The zero-order valence-corrected chi connectivity index (χ0v) is 14.0. The first kappa shape index (κ1) is 18.1. The summed E-state index contributed by atoms with van der Waals surface area (Å²) in [6.45, 7) is 7.09. The van der Waals surface area contributed by atoms with E-state index in [9.17, 15) is 4.79 Å². The van der Waals surface area contributed by atoms with Crippen molar-refractivity contribution >= 4 is 18.3 Å². The smallest absolute Gasteiger partial charge is 0.254 e. The third-order valence-electron chi connectivity index (χ3n) is 4.31. The van der Waals surface area contributed by atoms with Crippen LogP contribution < -0.4 is 11.1 Å². The van der Waals surface area contributed by atoms with E-state index in [1.807, 2.05) is 0 Å². The summed E-state index contributed by atoms with van der Waals surface area (Å²) in [5.74, 6) is 1.13. The zero-order chi connectivity index (χ0) is 14.8. The molecule has 2 atom stereocenters. The van der Waals surface area contributed by atoms with Crippen molar-refractivity contribution < 1.29 is 9.21 Å². The first-order valence-corrected chi connectivity index (χ1v) is 7.50. The summed E-state index contributed by atoms with van der Waals surface area (Å²) in [5.41, 5.74) is 6.29. The monoisotopic (exact) mass is 314 g/mol. The second-order valence-corrected chi connectivity index (χ2v) is 6.84. The molecule has 0 saturated heterocycles. The summed E-state index contributed by atoms with van der Waals surface area (Å²) in [6, 6.07) is 1.98. The molecule has 21 heavy (non-hydrogen) atoms. The molecule has 5 heteroatoms. The molecule has 2 rings (SSSR count). The van der Waals surface area contributed by atoms with Crippen LogP contribution in [0.25, 0.3) is 0 Å². The van der Waals surface area contributed by atoms with Crippen LogP contribution in [0.15, 0.2) is 16.7 Å². The molecule has 0 spiro atoms. The highest BCUT2D eigenvalue weighted by Crippen LogP contribution is 2.38. The van der Waals surface area contributed by atoms with Crippen molar-refractivity contribution in [3.05, 3.63) is 23.7 Å². The summed E-state index contributed by atoms with van der Waals surface area (Å²) >= 11 is 0. The van der Waals surface area contributed by atoms with E-state index in [0.717, 1.165) is 6.42 Å². The van der Waals surface area contributed by atoms with Gasteiger partial charge in [-0.15, -0.1) is 12.4 Å². The van der Waals surface area contributed by atoms with E-state index in [-0.39, 0.29) is 29.8 Å². The van der Waals surface area contributed by atoms with E-state index >= 15 is 0 Å². The van der Waals surface area contributed by atoms with Crippen LogP contribution in [-0.2, 0) is 6.54 Å². The molecule has 3 N–H and O–H groups in total. The van der Waals surface area contributed by atoms with Gasteiger partial charge in [0.15, 0.2) is 0 Å². The number of hydrogen-bond donors (Lipinski definition) is 2. The van der Waals surface area contributed by atoms with Crippen molar-refractivity contribution in [2.45, 2.75) is 59.0 Å². The Kier molecular flexibility index (Phi) is 6.29. The molecule has 1 aliphatic rings. The van der Waals surface area contributed by atoms with E-state index in [2.05, 4.69) is 26.1 Å². The van der Waals surface area contributed by atoms with Gasteiger partial charge in [-0.3, -0.25) is 4.79 Å². The predicted molar refractivity (Wildman–Crippen MR) is 86.5 cm³/mol. The Labute approximate surface area is 133 Å². The molecule has 1 aliphatic carbocycles. The topological polar surface area (TPSA) is 68.3 Å². The van der Waals surface area contributed by atoms with E-state index in [1.54, 1.807) is 6.07 Å².